The van der Waals surface area contributed by atoms with Crippen LogP contribution in [0.25, 0.3) is 0 Å². The van der Waals surface area contributed by atoms with Gasteiger partial charge in [0.2, 0.25) is 5.28 Å². The van der Waals surface area contributed by atoms with Crippen molar-refractivity contribution in [2.45, 2.75) is 0 Å². The number of nitrogens with zero attached hydrogens (tertiary/aromatic N) is 2. The maximum absolute atomic E-state index is 13.4. The summed E-state index contributed by atoms with van der Waals surface area (Å²) >= 11 is 5.52. The molecule has 0 fully saturated rings. The average molecular weight is 275 g/mol. The first-order valence-corrected chi connectivity index (χ1v) is 5.04. The fourth-order valence-corrected chi connectivity index (χ4v) is 1.38. The minimum absolute atomic E-state index is 0.0440. The second-order valence-electron chi connectivity index (χ2n) is 3.31. The lowest BCUT2D eigenvalue weighted by molar-refractivity contribution is 0.549. The van der Waals surface area contributed by atoms with Gasteiger partial charge >= 0.3 is 0 Å². The molecule has 0 saturated carbocycles. The SMILES string of the molecule is Nc1cnc(Cl)nc1Nc1c(F)cc(F)cc1F. The molecule has 8 heteroatoms. The van der Waals surface area contributed by atoms with Crippen LogP contribution in [0.1, 0.15) is 0 Å². The van der Waals surface area contributed by atoms with Gasteiger partial charge in [0.1, 0.15) is 11.5 Å². The van der Waals surface area contributed by atoms with E-state index in [-0.39, 0.29) is 16.8 Å². The molecule has 1 aromatic carbocycles. The first-order chi connectivity index (χ1) is 8.47. The van der Waals surface area contributed by atoms with Gasteiger partial charge in [-0.05, 0) is 11.6 Å². The zero-order valence-electron chi connectivity index (χ0n) is 8.72. The molecule has 18 heavy (non-hydrogen) atoms. The number of halogens is 4. The number of rotatable bonds is 2. The third kappa shape index (κ3) is 2.45. The molecule has 2 aromatic rings. The van der Waals surface area contributed by atoms with E-state index < -0.39 is 23.1 Å². The van der Waals surface area contributed by atoms with Crippen molar-refractivity contribution in [2.24, 2.45) is 0 Å². The van der Waals surface area contributed by atoms with Gasteiger partial charge in [-0.3, -0.25) is 0 Å². The van der Waals surface area contributed by atoms with Crippen molar-refractivity contribution in [1.82, 2.24) is 9.97 Å². The standard InChI is InChI=1S/C10H6ClF3N4/c11-10-16-3-7(15)9(18-10)17-8-5(13)1-4(12)2-6(8)14/h1-3H,15H2,(H,16,17,18). The molecule has 0 spiro atoms. The predicted molar refractivity (Wildman–Crippen MR) is 61.1 cm³/mol. The van der Waals surface area contributed by atoms with Crippen LogP contribution in [0.3, 0.4) is 0 Å². The molecule has 0 aliphatic heterocycles. The number of nitrogen functional groups attached to an aromatic ring is 1. The maximum Gasteiger partial charge on any atom is 0.224 e. The highest BCUT2D eigenvalue weighted by Gasteiger charge is 2.14. The van der Waals surface area contributed by atoms with Gasteiger partial charge in [0.05, 0.1) is 11.9 Å². The lowest BCUT2D eigenvalue weighted by Gasteiger charge is -2.09. The molecule has 0 bridgehead atoms. The van der Waals surface area contributed by atoms with Crippen molar-refractivity contribution in [3.05, 3.63) is 41.1 Å². The molecule has 2 rings (SSSR count). The topological polar surface area (TPSA) is 63.8 Å². The largest absolute Gasteiger partial charge is 0.394 e. The lowest BCUT2D eigenvalue weighted by Crippen LogP contribution is -2.04. The second-order valence-corrected chi connectivity index (χ2v) is 3.65. The molecule has 0 aliphatic rings. The molecule has 94 valence electrons. The monoisotopic (exact) mass is 274 g/mol. The summed E-state index contributed by atoms with van der Waals surface area (Å²) in [6.45, 7) is 0. The number of anilines is 3. The van der Waals surface area contributed by atoms with Gasteiger partial charge in [0.25, 0.3) is 0 Å². The molecule has 3 N–H and O–H groups in total. The van der Waals surface area contributed by atoms with Gasteiger partial charge < -0.3 is 11.1 Å². The van der Waals surface area contributed by atoms with E-state index in [1.54, 1.807) is 0 Å². The summed E-state index contributed by atoms with van der Waals surface area (Å²) in [6, 6.07) is 1.06. The number of hydrogen-bond donors (Lipinski definition) is 2. The van der Waals surface area contributed by atoms with Gasteiger partial charge in [-0.1, -0.05) is 0 Å². The van der Waals surface area contributed by atoms with E-state index in [1.165, 1.54) is 6.20 Å². The third-order valence-corrected chi connectivity index (χ3v) is 2.22. The van der Waals surface area contributed by atoms with Crippen molar-refractivity contribution in [3.8, 4) is 0 Å². The molecular formula is C10H6ClF3N4. The Morgan fingerprint density at radius 3 is 2.39 bits per heavy atom. The van der Waals surface area contributed by atoms with Gasteiger partial charge in [-0.15, -0.1) is 0 Å². The molecule has 0 aliphatic carbocycles. The second kappa shape index (κ2) is 4.69. The van der Waals surface area contributed by atoms with Crippen LogP contribution in [0, 0.1) is 17.5 Å². The van der Waals surface area contributed by atoms with E-state index in [0.29, 0.717) is 12.1 Å². The molecule has 0 atom stereocenters. The van der Waals surface area contributed by atoms with Crippen LogP contribution < -0.4 is 11.1 Å². The quantitative estimate of drug-likeness (QED) is 0.827. The van der Waals surface area contributed by atoms with Crippen LogP contribution in [-0.2, 0) is 0 Å². The summed E-state index contributed by atoms with van der Waals surface area (Å²) in [6.07, 6.45) is 1.18. The van der Waals surface area contributed by atoms with E-state index >= 15 is 0 Å². The van der Waals surface area contributed by atoms with E-state index in [1.807, 2.05) is 0 Å². The fourth-order valence-electron chi connectivity index (χ4n) is 1.25. The number of nitrogens with two attached hydrogens (primary N) is 1. The summed E-state index contributed by atoms with van der Waals surface area (Å²) in [4.78, 5) is 7.25. The number of nitrogens with one attached hydrogen (secondary N) is 1. The Balaban J connectivity index is 2.43. The van der Waals surface area contributed by atoms with Crippen LogP contribution in [0.4, 0.5) is 30.4 Å². The first kappa shape index (κ1) is 12.4. The summed E-state index contributed by atoms with van der Waals surface area (Å²) < 4.78 is 39.5. The zero-order valence-corrected chi connectivity index (χ0v) is 9.47. The summed E-state index contributed by atoms with van der Waals surface area (Å²) in [5.41, 5.74) is 4.97. The van der Waals surface area contributed by atoms with Crippen LogP contribution in [0.2, 0.25) is 5.28 Å². The van der Waals surface area contributed by atoms with Crippen molar-refractivity contribution in [3.63, 3.8) is 0 Å². The maximum atomic E-state index is 13.4. The molecule has 0 saturated heterocycles. The summed E-state index contributed by atoms with van der Waals surface area (Å²) in [7, 11) is 0. The third-order valence-electron chi connectivity index (χ3n) is 2.04. The predicted octanol–water partition coefficient (Wildman–Crippen LogP) is 2.87. The van der Waals surface area contributed by atoms with Gasteiger partial charge in [0.15, 0.2) is 17.5 Å². The highest BCUT2D eigenvalue weighted by molar-refractivity contribution is 6.28. The Labute approximate surface area is 105 Å². The Bertz CT molecular complexity index is 583. The number of benzene rings is 1. The molecule has 1 heterocycles. The smallest absolute Gasteiger partial charge is 0.224 e. The summed E-state index contributed by atoms with van der Waals surface area (Å²) in [5.74, 6) is -3.31. The Kier molecular flexibility index (Phi) is 3.24. The number of hydrogen-bond acceptors (Lipinski definition) is 4. The van der Waals surface area contributed by atoms with E-state index in [9.17, 15) is 13.2 Å². The lowest BCUT2D eigenvalue weighted by atomic mass is 10.2. The Morgan fingerprint density at radius 1 is 1.17 bits per heavy atom. The van der Waals surface area contributed by atoms with E-state index in [2.05, 4.69) is 15.3 Å². The molecule has 0 amide bonds. The highest BCUT2D eigenvalue weighted by atomic mass is 35.5. The minimum atomic E-state index is -1.11. The molecular weight excluding hydrogens is 269 g/mol. The molecule has 0 unspecified atom stereocenters. The average Bonchev–Trinajstić information content (AvgIpc) is 2.28. The van der Waals surface area contributed by atoms with Crippen molar-refractivity contribution < 1.29 is 13.2 Å². The molecule has 0 radical (unpaired) electrons. The first-order valence-electron chi connectivity index (χ1n) is 4.67. The van der Waals surface area contributed by atoms with Crippen LogP contribution in [0.15, 0.2) is 18.3 Å². The van der Waals surface area contributed by atoms with Gasteiger partial charge in [-0.25, -0.2) is 18.2 Å². The van der Waals surface area contributed by atoms with Crippen LogP contribution >= 0.6 is 11.6 Å². The molecule has 4 nitrogen and oxygen atoms in total. The summed E-state index contributed by atoms with van der Waals surface area (Å²) in [5, 5.41) is 2.16. The van der Waals surface area contributed by atoms with Crippen LogP contribution in [-0.4, -0.2) is 9.97 Å². The van der Waals surface area contributed by atoms with Crippen LogP contribution in [0.5, 0.6) is 0 Å². The zero-order chi connectivity index (χ0) is 13.3. The van der Waals surface area contributed by atoms with E-state index in [4.69, 9.17) is 17.3 Å². The normalized spacial score (nSPS) is 10.4. The molecule has 1 aromatic heterocycles. The fraction of sp³-hybridized carbons (Fsp3) is 0. The van der Waals surface area contributed by atoms with Gasteiger partial charge in [-0.2, -0.15) is 4.98 Å². The minimum Gasteiger partial charge on any atom is -0.394 e. The van der Waals surface area contributed by atoms with Crippen molar-refractivity contribution >= 4 is 28.8 Å². The Morgan fingerprint density at radius 2 is 1.78 bits per heavy atom. The number of aromatic nitrogens is 2. The van der Waals surface area contributed by atoms with Crippen molar-refractivity contribution in [2.75, 3.05) is 11.1 Å². The highest BCUT2D eigenvalue weighted by Crippen LogP contribution is 2.26. The van der Waals surface area contributed by atoms with E-state index in [0.717, 1.165) is 0 Å². The Hall–Kier alpha value is -2.02. The van der Waals surface area contributed by atoms with Crippen molar-refractivity contribution in [1.29, 1.82) is 0 Å². The van der Waals surface area contributed by atoms with Gasteiger partial charge in [0, 0.05) is 12.1 Å².